The minimum atomic E-state index is -0.0305. The highest BCUT2D eigenvalue weighted by Gasteiger charge is 2.09. The van der Waals surface area contributed by atoms with Crippen LogP contribution in [0.25, 0.3) is 11.4 Å². The Morgan fingerprint density at radius 3 is 2.39 bits per heavy atom. The molecule has 0 bridgehead atoms. The SMILES string of the molecule is COc1cc(OC)cc(-c2nnn(CCO)n2)c1. The second-order valence-electron chi connectivity index (χ2n) is 3.53. The summed E-state index contributed by atoms with van der Waals surface area (Å²) in [4.78, 5) is 1.33. The highest BCUT2D eigenvalue weighted by Crippen LogP contribution is 2.27. The monoisotopic (exact) mass is 250 g/mol. The van der Waals surface area contributed by atoms with Crippen molar-refractivity contribution in [3.8, 4) is 22.9 Å². The van der Waals surface area contributed by atoms with Gasteiger partial charge in [0.25, 0.3) is 0 Å². The van der Waals surface area contributed by atoms with Gasteiger partial charge < -0.3 is 14.6 Å². The zero-order valence-electron chi connectivity index (χ0n) is 10.2. The average Bonchev–Trinajstić information content (AvgIpc) is 2.87. The van der Waals surface area contributed by atoms with Gasteiger partial charge in [-0.1, -0.05) is 0 Å². The normalized spacial score (nSPS) is 10.4. The van der Waals surface area contributed by atoms with Gasteiger partial charge in [0, 0.05) is 11.6 Å². The first-order chi connectivity index (χ1) is 8.76. The Morgan fingerprint density at radius 2 is 1.83 bits per heavy atom. The molecule has 1 heterocycles. The second-order valence-corrected chi connectivity index (χ2v) is 3.53. The molecule has 0 radical (unpaired) electrons. The lowest BCUT2D eigenvalue weighted by molar-refractivity contribution is 0.259. The van der Waals surface area contributed by atoms with Gasteiger partial charge >= 0.3 is 0 Å². The molecule has 0 fully saturated rings. The van der Waals surface area contributed by atoms with Crippen molar-refractivity contribution in [1.29, 1.82) is 0 Å². The van der Waals surface area contributed by atoms with E-state index in [9.17, 15) is 0 Å². The lowest BCUT2D eigenvalue weighted by atomic mass is 10.2. The molecule has 7 heteroatoms. The van der Waals surface area contributed by atoms with Gasteiger partial charge in [0.1, 0.15) is 11.5 Å². The summed E-state index contributed by atoms with van der Waals surface area (Å²) in [6.45, 7) is 0.283. The lowest BCUT2D eigenvalue weighted by Gasteiger charge is -2.05. The van der Waals surface area contributed by atoms with E-state index in [4.69, 9.17) is 14.6 Å². The van der Waals surface area contributed by atoms with Crippen molar-refractivity contribution in [2.75, 3.05) is 20.8 Å². The maximum Gasteiger partial charge on any atom is 0.205 e. The molecule has 96 valence electrons. The summed E-state index contributed by atoms with van der Waals surface area (Å²) in [5.41, 5.74) is 0.746. The summed E-state index contributed by atoms with van der Waals surface area (Å²) in [6.07, 6.45) is 0. The van der Waals surface area contributed by atoms with Gasteiger partial charge in [0.15, 0.2) is 0 Å². The van der Waals surface area contributed by atoms with Gasteiger partial charge in [-0.2, -0.15) is 4.80 Å². The maximum atomic E-state index is 8.80. The molecule has 0 atom stereocenters. The Hall–Kier alpha value is -2.15. The smallest absolute Gasteiger partial charge is 0.205 e. The van der Waals surface area contributed by atoms with Crippen molar-refractivity contribution in [2.45, 2.75) is 6.54 Å². The number of hydrogen-bond acceptors (Lipinski definition) is 6. The number of aliphatic hydroxyl groups excluding tert-OH is 1. The number of aliphatic hydroxyl groups is 1. The van der Waals surface area contributed by atoms with Gasteiger partial charge in [-0.15, -0.1) is 10.2 Å². The summed E-state index contributed by atoms with van der Waals surface area (Å²) in [5, 5.41) is 20.7. The highest BCUT2D eigenvalue weighted by atomic mass is 16.5. The number of aromatic nitrogens is 4. The molecular formula is C11H14N4O3. The molecule has 7 nitrogen and oxygen atoms in total. The number of tetrazole rings is 1. The molecule has 0 amide bonds. The predicted octanol–water partition coefficient (Wildman–Crippen LogP) is 0.350. The minimum absolute atomic E-state index is 0.0305. The lowest BCUT2D eigenvalue weighted by Crippen LogP contribution is -2.05. The molecule has 0 unspecified atom stereocenters. The largest absolute Gasteiger partial charge is 0.497 e. The Kier molecular flexibility index (Phi) is 3.73. The van der Waals surface area contributed by atoms with Crippen LogP contribution in [0.4, 0.5) is 0 Å². The van der Waals surface area contributed by atoms with E-state index in [2.05, 4.69) is 15.4 Å². The van der Waals surface area contributed by atoms with Crippen LogP contribution in [0.2, 0.25) is 0 Å². The third kappa shape index (κ3) is 2.57. The van der Waals surface area contributed by atoms with Crippen molar-refractivity contribution in [3.05, 3.63) is 18.2 Å². The van der Waals surface area contributed by atoms with Crippen LogP contribution in [0, 0.1) is 0 Å². The number of nitrogens with zero attached hydrogens (tertiary/aromatic N) is 4. The fraction of sp³-hybridized carbons (Fsp3) is 0.364. The van der Waals surface area contributed by atoms with E-state index in [1.807, 2.05) is 0 Å². The van der Waals surface area contributed by atoms with Gasteiger partial charge in [-0.05, 0) is 17.3 Å². The minimum Gasteiger partial charge on any atom is -0.497 e. The Labute approximate surface area is 104 Å². The van der Waals surface area contributed by atoms with Crippen LogP contribution in [0.5, 0.6) is 11.5 Å². The second kappa shape index (κ2) is 5.46. The Bertz CT molecular complexity index is 505. The maximum absolute atomic E-state index is 8.80. The first-order valence-corrected chi connectivity index (χ1v) is 5.39. The Morgan fingerprint density at radius 1 is 1.17 bits per heavy atom. The van der Waals surface area contributed by atoms with Crippen molar-refractivity contribution < 1.29 is 14.6 Å². The van der Waals surface area contributed by atoms with Crippen LogP contribution in [0.1, 0.15) is 0 Å². The van der Waals surface area contributed by atoms with Gasteiger partial charge in [-0.25, -0.2) is 0 Å². The zero-order chi connectivity index (χ0) is 13.0. The number of hydrogen-bond donors (Lipinski definition) is 1. The topological polar surface area (TPSA) is 82.3 Å². The zero-order valence-corrected chi connectivity index (χ0v) is 10.2. The van der Waals surface area contributed by atoms with E-state index in [-0.39, 0.29) is 6.61 Å². The van der Waals surface area contributed by atoms with Crippen LogP contribution in [-0.2, 0) is 6.54 Å². The standard InChI is InChI=1S/C11H14N4O3/c1-17-9-5-8(6-10(7-9)18-2)11-12-14-15(13-11)3-4-16/h5-7,16H,3-4H2,1-2H3. The molecule has 0 saturated carbocycles. The first kappa shape index (κ1) is 12.3. The van der Waals surface area contributed by atoms with Gasteiger partial charge in [-0.3, -0.25) is 0 Å². The van der Waals surface area contributed by atoms with Gasteiger partial charge in [0.2, 0.25) is 5.82 Å². The summed E-state index contributed by atoms with van der Waals surface area (Å²) >= 11 is 0. The molecular weight excluding hydrogens is 236 g/mol. The van der Waals surface area contributed by atoms with E-state index in [1.54, 1.807) is 32.4 Å². The van der Waals surface area contributed by atoms with E-state index in [1.165, 1.54) is 4.80 Å². The summed E-state index contributed by atoms with van der Waals surface area (Å²) in [6, 6.07) is 5.35. The number of benzene rings is 1. The molecule has 1 aromatic carbocycles. The summed E-state index contributed by atoms with van der Waals surface area (Å²) in [5.74, 6) is 1.77. The van der Waals surface area contributed by atoms with Gasteiger partial charge in [0.05, 0.1) is 27.4 Å². The summed E-state index contributed by atoms with van der Waals surface area (Å²) < 4.78 is 10.3. The molecule has 0 saturated heterocycles. The number of rotatable bonds is 5. The third-order valence-electron chi connectivity index (χ3n) is 2.36. The highest BCUT2D eigenvalue weighted by molar-refractivity contribution is 5.60. The van der Waals surface area contributed by atoms with Crippen molar-refractivity contribution >= 4 is 0 Å². The van der Waals surface area contributed by atoms with Crippen molar-refractivity contribution in [2.24, 2.45) is 0 Å². The van der Waals surface area contributed by atoms with E-state index in [0.29, 0.717) is 23.9 Å². The van der Waals surface area contributed by atoms with Crippen LogP contribution in [0.15, 0.2) is 18.2 Å². The molecule has 0 spiro atoms. The van der Waals surface area contributed by atoms with E-state index >= 15 is 0 Å². The van der Waals surface area contributed by atoms with Crippen LogP contribution in [-0.4, -0.2) is 46.1 Å². The van der Waals surface area contributed by atoms with E-state index in [0.717, 1.165) is 5.56 Å². The molecule has 1 aromatic heterocycles. The van der Waals surface area contributed by atoms with E-state index < -0.39 is 0 Å². The predicted molar refractivity (Wildman–Crippen MR) is 63.4 cm³/mol. The number of ether oxygens (including phenoxy) is 2. The third-order valence-corrected chi connectivity index (χ3v) is 2.36. The first-order valence-electron chi connectivity index (χ1n) is 5.39. The fourth-order valence-electron chi connectivity index (χ4n) is 1.48. The van der Waals surface area contributed by atoms with Crippen LogP contribution >= 0.6 is 0 Å². The Balaban J connectivity index is 2.35. The molecule has 1 N–H and O–H groups in total. The molecule has 2 rings (SSSR count). The quantitative estimate of drug-likeness (QED) is 0.824. The summed E-state index contributed by atoms with van der Waals surface area (Å²) in [7, 11) is 3.16. The molecule has 18 heavy (non-hydrogen) atoms. The molecule has 0 aliphatic heterocycles. The molecule has 0 aliphatic carbocycles. The molecule has 2 aromatic rings. The van der Waals surface area contributed by atoms with Crippen LogP contribution in [0.3, 0.4) is 0 Å². The fourth-order valence-corrected chi connectivity index (χ4v) is 1.48. The van der Waals surface area contributed by atoms with Crippen molar-refractivity contribution in [3.63, 3.8) is 0 Å². The van der Waals surface area contributed by atoms with Crippen molar-refractivity contribution in [1.82, 2.24) is 20.2 Å². The number of methoxy groups -OCH3 is 2. The average molecular weight is 250 g/mol. The van der Waals surface area contributed by atoms with Crippen LogP contribution < -0.4 is 9.47 Å². The molecule has 0 aliphatic rings.